The normalized spacial score (nSPS) is 10.7. The van der Waals surface area contributed by atoms with E-state index in [-0.39, 0.29) is 5.82 Å². The van der Waals surface area contributed by atoms with Crippen molar-refractivity contribution in [2.75, 3.05) is 0 Å². The van der Waals surface area contributed by atoms with Gasteiger partial charge in [-0.05, 0) is 36.4 Å². The van der Waals surface area contributed by atoms with Crippen LogP contribution < -0.4 is 0 Å². The van der Waals surface area contributed by atoms with Gasteiger partial charge < -0.3 is 0 Å². The van der Waals surface area contributed by atoms with Crippen LogP contribution in [-0.2, 0) is 0 Å². The van der Waals surface area contributed by atoms with Crippen LogP contribution in [0.25, 0.3) is 17.0 Å². The van der Waals surface area contributed by atoms with Gasteiger partial charge in [0.05, 0.1) is 0 Å². The van der Waals surface area contributed by atoms with Gasteiger partial charge in [0.15, 0.2) is 17.8 Å². The van der Waals surface area contributed by atoms with Crippen molar-refractivity contribution in [3.05, 3.63) is 54.0 Å². The number of hydrogen-bond acceptors (Lipinski definition) is 3. The van der Waals surface area contributed by atoms with Crippen molar-refractivity contribution < 1.29 is 9.18 Å². The van der Waals surface area contributed by atoms with E-state index in [1.165, 1.54) is 16.6 Å². The van der Waals surface area contributed by atoms with E-state index in [2.05, 4.69) is 10.1 Å². The smallest absolute Gasteiger partial charge is 0.182 e. The van der Waals surface area contributed by atoms with Crippen molar-refractivity contribution in [3.63, 3.8) is 0 Å². The number of pyridine rings is 1. The Labute approximate surface area is 102 Å². The lowest BCUT2D eigenvalue weighted by Gasteiger charge is -1.93. The van der Waals surface area contributed by atoms with Gasteiger partial charge in [-0.15, -0.1) is 5.10 Å². The molecule has 0 N–H and O–H groups in total. The average Bonchev–Trinajstić information content (AvgIpc) is 2.82. The molecule has 0 amide bonds. The summed E-state index contributed by atoms with van der Waals surface area (Å²) in [7, 11) is 0. The van der Waals surface area contributed by atoms with Gasteiger partial charge in [0.1, 0.15) is 5.82 Å². The van der Waals surface area contributed by atoms with Crippen molar-refractivity contribution in [2.45, 2.75) is 0 Å². The third-order valence-electron chi connectivity index (χ3n) is 2.59. The van der Waals surface area contributed by atoms with E-state index in [1.54, 1.807) is 30.5 Å². The zero-order valence-corrected chi connectivity index (χ0v) is 9.25. The molecule has 0 saturated carbocycles. The highest BCUT2D eigenvalue weighted by atomic mass is 19.1. The minimum Gasteiger partial charge on any atom is -0.298 e. The van der Waals surface area contributed by atoms with E-state index in [4.69, 9.17) is 0 Å². The third kappa shape index (κ3) is 1.75. The molecule has 0 aliphatic rings. The minimum absolute atomic E-state index is 0.300. The predicted molar refractivity (Wildman–Crippen MR) is 63.8 cm³/mol. The van der Waals surface area contributed by atoms with E-state index in [1.807, 2.05) is 0 Å². The quantitative estimate of drug-likeness (QED) is 0.647. The molecule has 0 atom stereocenters. The molecular weight excluding hydrogens is 233 g/mol. The highest BCUT2D eigenvalue weighted by molar-refractivity contribution is 5.75. The third-order valence-corrected chi connectivity index (χ3v) is 2.59. The summed E-state index contributed by atoms with van der Waals surface area (Å²) in [6.07, 6.45) is 2.35. The average molecular weight is 241 g/mol. The standard InChI is InChI=1S/C13H8FN3O/c14-11-4-2-10(3-5-11)13-15-12-6-1-9(8-18)7-17(12)16-13/h1-8H. The molecule has 2 aromatic heterocycles. The van der Waals surface area contributed by atoms with Crippen LogP contribution in [0, 0.1) is 5.82 Å². The highest BCUT2D eigenvalue weighted by Crippen LogP contribution is 2.16. The Balaban J connectivity index is 2.12. The topological polar surface area (TPSA) is 47.3 Å². The first-order valence-corrected chi connectivity index (χ1v) is 5.34. The first-order valence-electron chi connectivity index (χ1n) is 5.34. The van der Waals surface area contributed by atoms with Gasteiger partial charge in [0.2, 0.25) is 0 Å². The van der Waals surface area contributed by atoms with E-state index in [0.717, 1.165) is 11.8 Å². The van der Waals surface area contributed by atoms with Gasteiger partial charge in [-0.1, -0.05) is 0 Å². The number of aldehydes is 1. The van der Waals surface area contributed by atoms with Gasteiger partial charge in [-0.2, -0.15) is 0 Å². The maximum Gasteiger partial charge on any atom is 0.182 e. The Hall–Kier alpha value is -2.56. The van der Waals surface area contributed by atoms with Crippen LogP contribution >= 0.6 is 0 Å². The van der Waals surface area contributed by atoms with Gasteiger partial charge in [0.25, 0.3) is 0 Å². The summed E-state index contributed by atoms with van der Waals surface area (Å²) in [5.41, 5.74) is 1.89. The molecule has 0 bridgehead atoms. The number of halogens is 1. The zero-order valence-electron chi connectivity index (χ0n) is 9.25. The second-order valence-electron chi connectivity index (χ2n) is 3.83. The fourth-order valence-corrected chi connectivity index (χ4v) is 1.69. The van der Waals surface area contributed by atoms with Gasteiger partial charge in [-0.3, -0.25) is 4.79 Å². The lowest BCUT2D eigenvalue weighted by molar-refractivity contribution is 0.112. The number of aromatic nitrogens is 3. The molecule has 0 fully saturated rings. The number of carbonyl (C=O) groups excluding carboxylic acids is 1. The minimum atomic E-state index is -0.300. The second kappa shape index (κ2) is 4.03. The summed E-state index contributed by atoms with van der Waals surface area (Å²) in [4.78, 5) is 15.0. The SMILES string of the molecule is O=Cc1ccc2nc(-c3ccc(F)cc3)nn2c1. The Kier molecular flexibility index (Phi) is 2.37. The summed E-state index contributed by atoms with van der Waals surface area (Å²) >= 11 is 0. The Morgan fingerprint density at radius 2 is 1.89 bits per heavy atom. The van der Waals surface area contributed by atoms with E-state index in [9.17, 15) is 9.18 Å². The first kappa shape index (κ1) is 10.6. The molecule has 0 unspecified atom stereocenters. The van der Waals surface area contributed by atoms with Gasteiger partial charge in [-0.25, -0.2) is 13.9 Å². The predicted octanol–water partition coefficient (Wildman–Crippen LogP) is 2.35. The molecule has 5 heteroatoms. The van der Waals surface area contributed by atoms with Crippen molar-refractivity contribution in [1.29, 1.82) is 0 Å². The van der Waals surface area contributed by atoms with E-state index in [0.29, 0.717) is 17.0 Å². The van der Waals surface area contributed by atoms with Crippen LogP contribution in [0.15, 0.2) is 42.6 Å². The lowest BCUT2D eigenvalue weighted by atomic mass is 10.2. The fourth-order valence-electron chi connectivity index (χ4n) is 1.69. The molecule has 3 aromatic rings. The molecule has 18 heavy (non-hydrogen) atoms. The fraction of sp³-hybridized carbons (Fsp3) is 0. The Bertz CT molecular complexity index is 719. The first-order chi connectivity index (χ1) is 8.76. The van der Waals surface area contributed by atoms with Crippen LogP contribution in [0.1, 0.15) is 10.4 Å². The van der Waals surface area contributed by atoms with Crippen molar-refractivity contribution >= 4 is 11.9 Å². The molecule has 0 aliphatic carbocycles. The molecule has 4 nitrogen and oxygen atoms in total. The molecule has 88 valence electrons. The molecule has 3 rings (SSSR count). The molecule has 0 spiro atoms. The monoisotopic (exact) mass is 241 g/mol. The summed E-state index contributed by atoms with van der Waals surface area (Å²) in [5.74, 6) is 0.198. The van der Waals surface area contributed by atoms with Crippen molar-refractivity contribution in [3.8, 4) is 11.4 Å². The highest BCUT2D eigenvalue weighted by Gasteiger charge is 2.06. The Morgan fingerprint density at radius 1 is 1.11 bits per heavy atom. The van der Waals surface area contributed by atoms with E-state index < -0.39 is 0 Å². The number of hydrogen-bond donors (Lipinski definition) is 0. The van der Waals surface area contributed by atoms with Crippen LogP contribution in [0.5, 0.6) is 0 Å². The summed E-state index contributed by atoms with van der Waals surface area (Å²) in [5, 5.41) is 4.25. The zero-order chi connectivity index (χ0) is 12.5. The van der Waals surface area contributed by atoms with Crippen molar-refractivity contribution in [1.82, 2.24) is 14.6 Å². The number of benzene rings is 1. The van der Waals surface area contributed by atoms with Crippen LogP contribution in [0.4, 0.5) is 4.39 Å². The van der Waals surface area contributed by atoms with Crippen LogP contribution in [-0.4, -0.2) is 20.9 Å². The number of fused-ring (bicyclic) bond motifs is 1. The summed E-state index contributed by atoms with van der Waals surface area (Å²) < 4.78 is 14.4. The number of nitrogens with zero attached hydrogens (tertiary/aromatic N) is 3. The molecule has 0 aliphatic heterocycles. The largest absolute Gasteiger partial charge is 0.298 e. The van der Waals surface area contributed by atoms with Gasteiger partial charge in [0, 0.05) is 17.3 Å². The number of carbonyl (C=O) groups is 1. The van der Waals surface area contributed by atoms with Crippen LogP contribution in [0.2, 0.25) is 0 Å². The maximum absolute atomic E-state index is 12.8. The van der Waals surface area contributed by atoms with Gasteiger partial charge >= 0.3 is 0 Å². The second-order valence-corrected chi connectivity index (χ2v) is 3.83. The lowest BCUT2D eigenvalue weighted by Crippen LogP contribution is -1.90. The maximum atomic E-state index is 12.8. The summed E-state index contributed by atoms with van der Waals surface area (Å²) in [6, 6.07) is 9.33. The molecule has 0 radical (unpaired) electrons. The Morgan fingerprint density at radius 3 is 2.61 bits per heavy atom. The molecule has 0 saturated heterocycles. The van der Waals surface area contributed by atoms with E-state index >= 15 is 0 Å². The van der Waals surface area contributed by atoms with Crippen LogP contribution in [0.3, 0.4) is 0 Å². The molecular formula is C13H8FN3O. The summed E-state index contributed by atoms with van der Waals surface area (Å²) in [6.45, 7) is 0. The molecule has 2 heterocycles. The number of rotatable bonds is 2. The molecule has 1 aromatic carbocycles. The van der Waals surface area contributed by atoms with Crippen molar-refractivity contribution in [2.24, 2.45) is 0 Å².